The van der Waals surface area contributed by atoms with E-state index in [0.717, 1.165) is 25.0 Å². The van der Waals surface area contributed by atoms with Gasteiger partial charge in [-0.2, -0.15) is 0 Å². The van der Waals surface area contributed by atoms with Crippen LogP contribution in [-0.4, -0.2) is 22.3 Å². The van der Waals surface area contributed by atoms with Crippen LogP contribution in [0.25, 0.3) is 10.9 Å². The van der Waals surface area contributed by atoms with Crippen molar-refractivity contribution in [2.45, 2.75) is 25.5 Å². The van der Waals surface area contributed by atoms with Gasteiger partial charge < -0.3 is 9.72 Å². The van der Waals surface area contributed by atoms with Gasteiger partial charge in [-0.3, -0.25) is 9.36 Å². The first-order valence-electron chi connectivity index (χ1n) is 6.09. The Kier molecular flexibility index (Phi) is 3.01. The number of aromatic nitrogens is 2. The molecule has 18 heavy (non-hydrogen) atoms. The lowest BCUT2D eigenvalue weighted by Crippen LogP contribution is -2.27. The van der Waals surface area contributed by atoms with Crippen LogP contribution in [0.5, 0.6) is 0 Å². The molecule has 1 aromatic carbocycles. The Morgan fingerprint density at radius 2 is 2.28 bits per heavy atom. The molecule has 0 saturated carbocycles. The average Bonchev–Trinajstić information content (AvgIpc) is 2.87. The third kappa shape index (κ3) is 2.00. The highest BCUT2D eigenvalue weighted by Gasteiger charge is 2.17. The molecular formula is C13H14N2O2S. The van der Waals surface area contributed by atoms with E-state index in [2.05, 4.69) is 4.98 Å². The minimum Gasteiger partial charge on any atom is -0.376 e. The van der Waals surface area contributed by atoms with Gasteiger partial charge in [0.1, 0.15) is 0 Å². The van der Waals surface area contributed by atoms with Crippen molar-refractivity contribution in [1.29, 1.82) is 0 Å². The maximum atomic E-state index is 12.4. The van der Waals surface area contributed by atoms with Gasteiger partial charge in [-0.15, -0.1) is 0 Å². The minimum absolute atomic E-state index is 0.0372. The van der Waals surface area contributed by atoms with E-state index in [4.69, 9.17) is 17.0 Å². The summed E-state index contributed by atoms with van der Waals surface area (Å²) in [6.45, 7) is 1.32. The summed E-state index contributed by atoms with van der Waals surface area (Å²) >= 11 is 5.25. The van der Waals surface area contributed by atoms with Crippen molar-refractivity contribution < 1.29 is 4.74 Å². The number of rotatable bonds is 2. The molecule has 0 amide bonds. The van der Waals surface area contributed by atoms with Gasteiger partial charge in [0.05, 0.1) is 23.6 Å². The molecule has 0 spiro atoms. The topological polar surface area (TPSA) is 47.0 Å². The molecule has 2 aromatic rings. The Balaban J connectivity index is 2.11. The lowest BCUT2D eigenvalue weighted by Gasteiger charge is -2.12. The maximum Gasteiger partial charge on any atom is 0.262 e. The summed E-state index contributed by atoms with van der Waals surface area (Å²) in [5, 5.41) is 0.670. The molecule has 1 saturated heterocycles. The van der Waals surface area contributed by atoms with Crippen LogP contribution >= 0.6 is 12.2 Å². The van der Waals surface area contributed by atoms with Crippen molar-refractivity contribution >= 4 is 23.1 Å². The third-order valence-corrected chi connectivity index (χ3v) is 3.62. The molecule has 0 bridgehead atoms. The van der Waals surface area contributed by atoms with E-state index in [1.54, 1.807) is 4.57 Å². The molecule has 94 valence electrons. The SMILES string of the molecule is O=c1c2ccccc2[nH]c(=S)n1C[C@@H]1CCCO1. The zero-order chi connectivity index (χ0) is 12.5. The first-order chi connectivity index (χ1) is 8.75. The van der Waals surface area contributed by atoms with E-state index in [1.165, 1.54) is 0 Å². The highest BCUT2D eigenvalue weighted by molar-refractivity contribution is 7.71. The second-order valence-corrected chi connectivity index (χ2v) is 4.91. The van der Waals surface area contributed by atoms with Gasteiger partial charge >= 0.3 is 0 Å². The molecule has 1 atom stereocenters. The number of fused-ring (bicyclic) bond motifs is 1. The van der Waals surface area contributed by atoms with Crippen molar-refractivity contribution in [2.24, 2.45) is 0 Å². The smallest absolute Gasteiger partial charge is 0.262 e. The molecule has 1 aliphatic rings. The van der Waals surface area contributed by atoms with Crippen LogP contribution in [-0.2, 0) is 11.3 Å². The van der Waals surface area contributed by atoms with Gasteiger partial charge in [0.25, 0.3) is 5.56 Å². The zero-order valence-corrected chi connectivity index (χ0v) is 10.7. The molecule has 0 unspecified atom stereocenters. The van der Waals surface area contributed by atoms with Gasteiger partial charge in [-0.05, 0) is 37.2 Å². The van der Waals surface area contributed by atoms with Crippen LogP contribution < -0.4 is 5.56 Å². The number of ether oxygens (including phenoxy) is 1. The summed E-state index contributed by atoms with van der Waals surface area (Å²) in [5.74, 6) is 0. The monoisotopic (exact) mass is 262 g/mol. The van der Waals surface area contributed by atoms with E-state index < -0.39 is 0 Å². The number of para-hydroxylation sites is 1. The largest absolute Gasteiger partial charge is 0.376 e. The second-order valence-electron chi connectivity index (χ2n) is 4.53. The van der Waals surface area contributed by atoms with E-state index in [-0.39, 0.29) is 11.7 Å². The summed E-state index contributed by atoms with van der Waals surface area (Å²) < 4.78 is 7.63. The molecule has 0 aliphatic carbocycles. The number of aromatic amines is 1. The number of nitrogens with one attached hydrogen (secondary N) is 1. The first kappa shape index (κ1) is 11.6. The lowest BCUT2D eigenvalue weighted by atomic mass is 10.2. The van der Waals surface area contributed by atoms with Gasteiger partial charge in [-0.1, -0.05) is 12.1 Å². The van der Waals surface area contributed by atoms with Gasteiger partial charge in [0, 0.05) is 6.61 Å². The molecule has 0 radical (unpaired) electrons. The van der Waals surface area contributed by atoms with E-state index >= 15 is 0 Å². The summed E-state index contributed by atoms with van der Waals surface area (Å²) in [5.41, 5.74) is 0.751. The molecule has 1 aromatic heterocycles. The molecule has 1 fully saturated rings. The Hall–Kier alpha value is -1.46. The van der Waals surface area contributed by atoms with Gasteiger partial charge in [-0.25, -0.2) is 0 Å². The molecule has 1 aliphatic heterocycles. The van der Waals surface area contributed by atoms with Crippen LogP contribution in [0.2, 0.25) is 0 Å². The minimum atomic E-state index is -0.0372. The van der Waals surface area contributed by atoms with E-state index in [0.29, 0.717) is 16.7 Å². The normalized spacial score (nSPS) is 19.4. The number of benzene rings is 1. The average molecular weight is 262 g/mol. The lowest BCUT2D eigenvalue weighted by molar-refractivity contribution is 0.0957. The first-order valence-corrected chi connectivity index (χ1v) is 6.50. The van der Waals surface area contributed by atoms with Crippen molar-refractivity contribution in [3.63, 3.8) is 0 Å². The fraction of sp³-hybridized carbons (Fsp3) is 0.385. The van der Waals surface area contributed by atoms with Crippen LogP contribution in [0.4, 0.5) is 0 Å². The highest BCUT2D eigenvalue weighted by atomic mass is 32.1. The van der Waals surface area contributed by atoms with Crippen LogP contribution in [0, 0.1) is 4.77 Å². The molecule has 4 nitrogen and oxygen atoms in total. The van der Waals surface area contributed by atoms with Crippen molar-refractivity contribution in [1.82, 2.24) is 9.55 Å². The van der Waals surface area contributed by atoms with Crippen LogP contribution in [0.15, 0.2) is 29.1 Å². The summed E-state index contributed by atoms with van der Waals surface area (Å²) in [7, 11) is 0. The third-order valence-electron chi connectivity index (χ3n) is 3.30. The standard InChI is InChI=1S/C13H14N2O2S/c16-12-10-5-1-2-6-11(10)14-13(18)15(12)8-9-4-3-7-17-9/h1-2,5-6,9H,3-4,7-8H2,(H,14,18)/t9-/m0/s1. The highest BCUT2D eigenvalue weighted by Crippen LogP contribution is 2.14. The molecule has 2 heterocycles. The predicted octanol–water partition coefficient (Wildman–Crippen LogP) is 2.24. The fourth-order valence-electron chi connectivity index (χ4n) is 2.36. The number of hydrogen-bond donors (Lipinski definition) is 1. The Morgan fingerprint density at radius 1 is 1.44 bits per heavy atom. The summed E-state index contributed by atoms with van der Waals surface area (Å²) in [6.07, 6.45) is 2.16. The Labute approximate surface area is 109 Å². The van der Waals surface area contributed by atoms with Crippen molar-refractivity contribution in [3.8, 4) is 0 Å². The fourth-order valence-corrected chi connectivity index (χ4v) is 2.62. The van der Waals surface area contributed by atoms with Gasteiger partial charge in [0.15, 0.2) is 4.77 Å². The van der Waals surface area contributed by atoms with Gasteiger partial charge in [0.2, 0.25) is 0 Å². The molecule has 5 heteroatoms. The predicted molar refractivity (Wildman–Crippen MR) is 72.4 cm³/mol. The maximum absolute atomic E-state index is 12.4. The Morgan fingerprint density at radius 3 is 3.06 bits per heavy atom. The summed E-state index contributed by atoms with van der Waals surface area (Å²) in [6, 6.07) is 7.42. The van der Waals surface area contributed by atoms with E-state index in [9.17, 15) is 4.79 Å². The Bertz CT molecular complexity index is 683. The summed E-state index contributed by atoms with van der Waals surface area (Å²) in [4.78, 5) is 15.5. The van der Waals surface area contributed by atoms with Crippen molar-refractivity contribution in [3.05, 3.63) is 39.4 Å². The number of nitrogens with zero attached hydrogens (tertiary/aromatic N) is 1. The van der Waals surface area contributed by atoms with Crippen LogP contribution in [0.1, 0.15) is 12.8 Å². The van der Waals surface area contributed by atoms with Crippen LogP contribution in [0.3, 0.4) is 0 Å². The molecule has 1 N–H and O–H groups in total. The quantitative estimate of drug-likeness (QED) is 0.844. The second kappa shape index (κ2) is 4.66. The van der Waals surface area contributed by atoms with E-state index in [1.807, 2.05) is 24.3 Å². The molecular weight excluding hydrogens is 248 g/mol. The molecule has 3 rings (SSSR count). The zero-order valence-electron chi connectivity index (χ0n) is 9.89. The van der Waals surface area contributed by atoms with Crippen molar-refractivity contribution in [2.75, 3.05) is 6.61 Å². The number of hydrogen-bond acceptors (Lipinski definition) is 3. The number of H-pyrrole nitrogens is 1.